The fourth-order valence-electron chi connectivity index (χ4n) is 4.77. The van der Waals surface area contributed by atoms with Crippen molar-refractivity contribution in [1.29, 1.82) is 0 Å². The first-order valence-electron chi connectivity index (χ1n) is 13.5. The Morgan fingerprint density at radius 2 is 1.73 bits per heavy atom. The lowest BCUT2D eigenvalue weighted by Crippen LogP contribution is -2.41. The second-order valence-corrected chi connectivity index (χ2v) is 10.5. The van der Waals surface area contributed by atoms with Crippen LogP contribution in [0.4, 0.5) is 22.4 Å². The van der Waals surface area contributed by atoms with Gasteiger partial charge in [-0.3, -0.25) is 0 Å². The number of benzene rings is 3. The third-order valence-corrected chi connectivity index (χ3v) is 7.50. The molecular weight excluding hydrogens is 560 g/mol. The van der Waals surface area contributed by atoms with Crippen molar-refractivity contribution < 1.29 is 31.8 Å². The molecule has 1 fully saturated rings. The summed E-state index contributed by atoms with van der Waals surface area (Å²) in [6.07, 6.45) is 3.61. The maximum Gasteiger partial charge on any atom is 0.410 e. The van der Waals surface area contributed by atoms with Gasteiger partial charge >= 0.3 is 6.09 Å². The maximum absolute atomic E-state index is 14.4. The molecule has 1 heterocycles. The topological polar surface area (TPSA) is 50.8 Å². The second kappa shape index (κ2) is 13.0. The van der Waals surface area contributed by atoms with Crippen molar-refractivity contribution in [2.75, 3.05) is 19.7 Å². The highest BCUT2D eigenvalue weighted by Crippen LogP contribution is 2.33. The lowest BCUT2D eigenvalue weighted by molar-refractivity contribution is 0.0770. The second-order valence-electron chi connectivity index (χ2n) is 10.1. The lowest BCUT2D eigenvalue weighted by Gasteiger charge is -2.29. The molecule has 2 aliphatic rings. The molecular formula is C31H29ClF4N2O3. The van der Waals surface area contributed by atoms with Crippen LogP contribution in [-0.2, 0) is 17.7 Å². The number of aryl methyl sites for hydroxylation is 1. The molecule has 1 aliphatic carbocycles. The molecule has 0 radical (unpaired) electrons. The third kappa shape index (κ3) is 7.02. The van der Waals surface area contributed by atoms with Gasteiger partial charge in [0.05, 0.1) is 13.2 Å². The molecule has 0 saturated heterocycles. The molecule has 41 heavy (non-hydrogen) atoms. The molecule has 3 aromatic rings. The van der Waals surface area contributed by atoms with Crippen molar-refractivity contribution in [3.05, 3.63) is 106 Å². The minimum atomic E-state index is -1.34. The Balaban J connectivity index is 1.19. The van der Waals surface area contributed by atoms with Gasteiger partial charge in [-0.2, -0.15) is 4.39 Å². The van der Waals surface area contributed by atoms with E-state index < -0.39 is 41.2 Å². The quantitative estimate of drug-likeness (QED) is 0.156. The van der Waals surface area contributed by atoms with Crippen LogP contribution in [0.2, 0.25) is 5.02 Å². The van der Waals surface area contributed by atoms with E-state index in [2.05, 4.69) is 5.32 Å². The van der Waals surface area contributed by atoms with E-state index in [9.17, 15) is 22.4 Å². The number of ether oxygens (including phenoxy) is 2. The molecule has 1 aliphatic heterocycles. The number of hydrogen-bond donors (Lipinski definition) is 1. The predicted octanol–water partition coefficient (Wildman–Crippen LogP) is 7.06. The SMILES string of the molecule is O=C(OC1CNCC=C1c1ccc(CCCOc2c(F)ccc(F)c2F)cc1)N(Cc1c(F)cccc1Cl)C1CC1. The van der Waals surface area contributed by atoms with E-state index in [0.717, 1.165) is 35.6 Å². The van der Waals surface area contributed by atoms with Gasteiger partial charge in [-0.25, -0.2) is 18.0 Å². The Hall–Kier alpha value is -3.56. The first-order chi connectivity index (χ1) is 19.8. The molecule has 10 heteroatoms. The van der Waals surface area contributed by atoms with Crippen LogP contribution in [-0.4, -0.2) is 42.8 Å². The van der Waals surface area contributed by atoms with Crippen LogP contribution in [0.5, 0.6) is 5.75 Å². The molecule has 0 bridgehead atoms. The first-order valence-corrected chi connectivity index (χ1v) is 13.9. The van der Waals surface area contributed by atoms with Gasteiger partial charge in [0.1, 0.15) is 11.9 Å². The molecule has 3 aromatic carbocycles. The maximum atomic E-state index is 14.4. The normalized spacial score (nSPS) is 16.7. The zero-order chi connectivity index (χ0) is 28.9. The highest BCUT2D eigenvalue weighted by Gasteiger charge is 2.36. The molecule has 0 aromatic heterocycles. The molecule has 1 atom stereocenters. The summed E-state index contributed by atoms with van der Waals surface area (Å²) in [6.45, 7) is 1.10. The van der Waals surface area contributed by atoms with Gasteiger partial charge in [-0.15, -0.1) is 0 Å². The molecule has 0 spiro atoms. The summed E-state index contributed by atoms with van der Waals surface area (Å²) in [5.74, 6) is -4.62. The minimum Gasteiger partial charge on any atom is -0.488 e. The van der Waals surface area contributed by atoms with Crippen LogP contribution in [0.3, 0.4) is 0 Å². The van der Waals surface area contributed by atoms with Crippen molar-refractivity contribution in [3.63, 3.8) is 0 Å². The highest BCUT2D eigenvalue weighted by molar-refractivity contribution is 6.31. The average molecular weight is 589 g/mol. The van der Waals surface area contributed by atoms with E-state index in [1.54, 1.807) is 11.0 Å². The fraction of sp³-hybridized carbons (Fsp3) is 0.323. The predicted molar refractivity (Wildman–Crippen MR) is 148 cm³/mol. The lowest BCUT2D eigenvalue weighted by atomic mass is 9.96. The van der Waals surface area contributed by atoms with E-state index in [4.69, 9.17) is 21.1 Å². The smallest absolute Gasteiger partial charge is 0.410 e. The van der Waals surface area contributed by atoms with Gasteiger partial charge in [0, 0.05) is 29.7 Å². The van der Waals surface area contributed by atoms with E-state index in [-0.39, 0.29) is 29.8 Å². The summed E-state index contributed by atoms with van der Waals surface area (Å²) in [5.41, 5.74) is 3.00. The number of hydrogen-bond acceptors (Lipinski definition) is 4. The molecule has 5 nitrogen and oxygen atoms in total. The van der Waals surface area contributed by atoms with Gasteiger partial charge in [-0.05, 0) is 66.6 Å². The minimum absolute atomic E-state index is 0.0145. The van der Waals surface area contributed by atoms with Crippen molar-refractivity contribution in [3.8, 4) is 5.75 Å². The standard InChI is InChI=1S/C31H29ClF4N2O3/c32-24-4-1-5-25(33)23(24)18-38(21-10-11-21)31(39)41-28-17-37-15-14-22(28)20-8-6-19(7-9-20)3-2-16-40-30-27(35)13-12-26(34)29(30)36/h1,4-9,12-14,21,28,37H,2-3,10-11,15-18H2. The fourth-order valence-corrected chi connectivity index (χ4v) is 5.00. The number of nitrogens with zero attached hydrogens (tertiary/aromatic N) is 1. The molecule has 216 valence electrons. The van der Waals surface area contributed by atoms with Crippen LogP contribution < -0.4 is 10.1 Å². The molecule has 1 N–H and O–H groups in total. The van der Waals surface area contributed by atoms with Crippen molar-refractivity contribution in [2.24, 2.45) is 0 Å². The largest absolute Gasteiger partial charge is 0.488 e. The Morgan fingerprint density at radius 3 is 2.46 bits per heavy atom. The van der Waals surface area contributed by atoms with E-state index in [0.29, 0.717) is 32.0 Å². The van der Waals surface area contributed by atoms with Gasteiger partial charge in [0.25, 0.3) is 0 Å². The molecule has 1 saturated carbocycles. The number of amides is 1. The van der Waals surface area contributed by atoms with Gasteiger partial charge in [0.15, 0.2) is 17.4 Å². The van der Waals surface area contributed by atoms with Crippen LogP contribution in [0.1, 0.15) is 36.0 Å². The van der Waals surface area contributed by atoms with Crippen LogP contribution in [0, 0.1) is 23.3 Å². The summed E-state index contributed by atoms with van der Waals surface area (Å²) in [5, 5.41) is 3.49. The summed E-state index contributed by atoms with van der Waals surface area (Å²) < 4.78 is 66.3. The Morgan fingerprint density at radius 1 is 0.976 bits per heavy atom. The van der Waals surface area contributed by atoms with Crippen LogP contribution >= 0.6 is 11.6 Å². The van der Waals surface area contributed by atoms with Gasteiger partial charge in [0.2, 0.25) is 5.82 Å². The summed E-state index contributed by atoms with van der Waals surface area (Å²) in [4.78, 5) is 14.8. The number of carbonyl (C=O) groups is 1. The summed E-state index contributed by atoms with van der Waals surface area (Å²) in [6, 6.07) is 13.7. The van der Waals surface area contributed by atoms with Crippen molar-refractivity contribution in [1.82, 2.24) is 10.2 Å². The molecule has 5 rings (SSSR count). The third-order valence-electron chi connectivity index (χ3n) is 7.14. The number of halogens is 5. The summed E-state index contributed by atoms with van der Waals surface area (Å²) >= 11 is 6.21. The first kappa shape index (κ1) is 29.0. The molecule has 1 amide bonds. The summed E-state index contributed by atoms with van der Waals surface area (Å²) in [7, 11) is 0. The van der Waals surface area contributed by atoms with Crippen molar-refractivity contribution >= 4 is 23.3 Å². The van der Waals surface area contributed by atoms with Gasteiger partial charge < -0.3 is 19.7 Å². The van der Waals surface area contributed by atoms with E-state index in [1.165, 1.54) is 12.1 Å². The van der Waals surface area contributed by atoms with E-state index >= 15 is 0 Å². The Bertz CT molecular complexity index is 1410. The molecule has 1 unspecified atom stereocenters. The number of rotatable bonds is 10. The van der Waals surface area contributed by atoms with Crippen LogP contribution in [0.15, 0.2) is 60.7 Å². The van der Waals surface area contributed by atoms with Crippen molar-refractivity contribution in [2.45, 2.75) is 44.4 Å². The number of carbonyl (C=O) groups excluding carboxylic acids is 1. The average Bonchev–Trinajstić information content (AvgIpc) is 3.81. The Labute approximate surface area is 240 Å². The highest BCUT2D eigenvalue weighted by atomic mass is 35.5. The zero-order valence-corrected chi connectivity index (χ0v) is 22.9. The monoisotopic (exact) mass is 588 g/mol. The zero-order valence-electron chi connectivity index (χ0n) is 22.1. The van der Waals surface area contributed by atoms with Crippen LogP contribution in [0.25, 0.3) is 5.57 Å². The number of nitrogens with one attached hydrogen (secondary N) is 1. The van der Waals surface area contributed by atoms with Gasteiger partial charge in [-0.1, -0.05) is 48.0 Å². The Kier molecular flexibility index (Phi) is 9.15. The van der Waals surface area contributed by atoms with E-state index in [1.807, 2.05) is 30.3 Å².